The van der Waals surface area contributed by atoms with Crippen molar-refractivity contribution in [1.29, 1.82) is 0 Å². The summed E-state index contributed by atoms with van der Waals surface area (Å²) in [7, 11) is 0. The van der Waals surface area contributed by atoms with E-state index < -0.39 is 39.1 Å². The summed E-state index contributed by atoms with van der Waals surface area (Å²) in [6.07, 6.45) is 0. The summed E-state index contributed by atoms with van der Waals surface area (Å²) in [6, 6.07) is 2.06. The van der Waals surface area contributed by atoms with Crippen LogP contribution in [0.4, 0.5) is 5.69 Å². The van der Waals surface area contributed by atoms with E-state index in [4.69, 9.17) is 33.4 Å². The van der Waals surface area contributed by atoms with E-state index in [0.717, 1.165) is 12.1 Å². The molecule has 0 bridgehead atoms. The third-order valence-electron chi connectivity index (χ3n) is 2.09. The molecule has 0 aliphatic heterocycles. The predicted molar refractivity (Wildman–Crippen MR) is 61.1 cm³/mol. The number of aliphatic carboxylic acids is 2. The molecule has 7 nitrogen and oxygen atoms in total. The monoisotopic (exact) mass is 293 g/mol. The molecule has 1 aromatic carbocycles. The van der Waals surface area contributed by atoms with Gasteiger partial charge in [-0.1, -0.05) is 23.2 Å². The molecule has 0 radical (unpaired) electrons. The second-order valence-corrected chi connectivity index (χ2v) is 3.95. The van der Waals surface area contributed by atoms with Crippen LogP contribution >= 0.6 is 23.2 Å². The maximum Gasteiger partial charge on any atom is 0.322 e. The van der Waals surface area contributed by atoms with E-state index in [-0.39, 0.29) is 5.02 Å². The number of hydrogen-bond acceptors (Lipinski definition) is 4. The Morgan fingerprint density at radius 1 is 1.22 bits per heavy atom. The van der Waals surface area contributed by atoms with Crippen molar-refractivity contribution in [3.05, 3.63) is 37.9 Å². The molecule has 2 N–H and O–H groups in total. The molecule has 0 saturated carbocycles. The fraction of sp³-hybridized carbons (Fsp3) is 0.111. The molecule has 0 fully saturated rings. The van der Waals surface area contributed by atoms with Gasteiger partial charge in [-0.15, -0.1) is 0 Å². The molecule has 0 saturated heterocycles. The molecule has 9 heteroatoms. The Morgan fingerprint density at radius 2 is 1.72 bits per heavy atom. The highest BCUT2D eigenvalue weighted by Gasteiger charge is 2.36. The summed E-state index contributed by atoms with van der Waals surface area (Å²) in [5.41, 5.74) is -1.35. The van der Waals surface area contributed by atoms with Gasteiger partial charge >= 0.3 is 11.9 Å². The summed E-state index contributed by atoms with van der Waals surface area (Å²) in [4.78, 5) is 31.5. The summed E-state index contributed by atoms with van der Waals surface area (Å²) >= 11 is 11.1. The molecule has 0 spiro atoms. The first-order valence-corrected chi connectivity index (χ1v) is 5.10. The van der Waals surface area contributed by atoms with E-state index in [2.05, 4.69) is 0 Å². The number of rotatable bonds is 4. The van der Waals surface area contributed by atoms with E-state index in [1.165, 1.54) is 0 Å². The minimum atomic E-state index is -2.08. The van der Waals surface area contributed by atoms with Gasteiger partial charge in [0.25, 0.3) is 5.69 Å². The van der Waals surface area contributed by atoms with Crippen molar-refractivity contribution >= 4 is 40.8 Å². The van der Waals surface area contributed by atoms with Crippen LogP contribution < -0.4 is 0 Å². The van der Waals surface area contributed by atoms with E-state index in [1.807, 2.05) is 0 Å². The van der Waals surface area contributed by atoms with Crippen LogP contribution in [0.25, 0.3) is 0 Å². The van der Waals surface area contributed by atoms with Crippen LogP contribution in [0.1, 0.15) is 11.5 Å². The molecule has 0 aliphatic carbocycles. The maximum atomic E-state index is 10.8. The number of nitrogens with zero attached hydrogens (tertiary/aromatic N) is 1. The lowest BCUT2D eigenvalue weighted by Gasteiger charge is -2.09. The van der Waals surface area contributed by atoms with Gasteiger partial charge < -0.3 is 10.2 Å². The Kier molecular flexibility index (Phi) is 4.10. The average molecular weight is 294 g/mol. The van der Waals surface area contributed by atoms with E-state index in [1.54, 1.807) is 0 Å². The number of halogens is 2. The van der Waals surface area contributed by atoms with Gasteiger partial charge in [0.15, 0.2) is 5.92 Å². The molecule has 1 aromatic rings. The predicted octanol–water partition coefficient (Wildman–Crippen LogP) is 2.15. The highest BCUT2D eigenvalue weighted by atomic mass is 35.5. The molecule has 18 heavy (non-hydrogen) atoms. The van der Waals surface area contributed by atoms with Crippen LogP contribution in [0.2, 0.25) is 10.0 Å². The Morgan fingerprint density at radius 3 is 2.11 bits per heavy atom. The SMILES string of the molecule is O=C(O)C(C(=O)O)c1ccc(Cl)c(Cl)c1[N+](=O)[O-]. The zero-order valence-electron chi connectivity index (χ0n) is 8.46. The van der Waals surface area contributed by atoms with Crippen molar-refractivity contribution in [1.82, 2.24) is 0 Å². The van der Waals surface area contributed by atoms with E-state index in [0.29, 0.717) is 0 Å². The second-order valence-electron chi connectivity index (χ2n) is 3.17. The molecule has 0 amide bonds. The van der Waals surface area contributed by atoms with Gasteiger partial charge in [0, 0.05) is 0 Å². The van der Waals surface area contributed by atoms with Crippen LogP contribution in [0, 0.1) is 10.1 Å². The zero-order chi connectivity index (χ0) is 14.0. The third-order valence-corrected chi connectivity index (χ3v) is 2.88. The molecule has 0 heterocycles. The Labute approximate surface area is 110 Å². The standard InChI is InChI=1S/C9H5Cl2NO6/c10-4-2-1-3(5(8(13)14)9(15)16)7(6(4)11)12(17)18/h1-2,5H,(H,13,14)(H,15,16). The minimum absolute atomic E-state index is 0.165. The lowest BCUT2D eigenvalue weighted by molar-refractivity contribution is -0.385. The lowest BCUT2D eigenvalue weighted by Crippen LogP contribution is -2.22. The summed E-state index contributed by atoms with van der Waals surface area (Å²) < 4.78 is 0. The maximum absolute atomic E-state index is 10.8. The fourth-order valence-corrected chi connectivity index (χ4v) is 1.74. The van der Waals surface area contributed by atoms with Crippen molar-refractivity contribution in [3.63, 3.8) is 0 Å². The molecule has 1 rings (SSSR count). The molecular weight excluding hydrogens is 289 g/mol. The van der Waals surface area contributed by atoms with Crippen LogP contribution in [-0.4, -0.2) is 27.1 Å². The van der Waals surface area contributed by atoms with E-state index in [9.17, 15) is 19.7 Å². The van der Waals surface area contributed by atoms with Crippen LogP contribution in [0.3, 0.4) is 0 Å². The number of carboxylic acids is 2. The highest BCUT2D eigenvalue weighted by Crippen LogP contribution is 2.38. The number of carbonyl (C=O) groups is 2. The molecule has 0 aromatic heterocycles. The average Bonchev–Trinajstić information content (AvgIpc) is 2.21. The van der Waals surface area contributed by atoms with Crippen molar-refractivity contribution in [2.45, 2.75) is 5.92 Å². The summed E-state index contributed by atoms with van der Waals surface area (Å²) in [5.74, 6) is -5.55. The van der Waals surface area contributed by atoms with Crippen LogP contribution in [0.15, 0.2) is 12.1 Å². The van der Waals surface area contributed by atoms with Crippen molar-refractivity contribution in [2.75, 3.05) is 0 Å². The number of benzene rings is 1. The quantitative estimate of drug-likeness (QED) is 0.499. The molecular formula is C9H5Cl2NO6. The van der Waals surface area contributed by atoms with Gasteiger partial charge in [-0.25, -0.2) is 0 Å². The zero-order valence-corrected chi connectivity index (χ0v) is 9.97. The smallest absolute Gasteiger partial charge is 0.322 e. The lowest BCUT2D eigenvalue weighted by atomic mass is 9.97. The first kappa shape index (κ1) is 14.2. The van der Waals surface area contributed by atoms with Crippen molar-refractivity contribution < 1.29 is 24.7 Å². The number of nitro benzene ring substituents is 1. The first-order chi connectivity index (χ1) is 8.27. The third kappa shape index (κ3) is 2.52. The summed E-state index contributed by atoms with van der Waals surface area (Å²) in [6.45, 7) is 0. The van der Waals surface area contributed by atoms with E-state index >= 15 is 0 Å². The summed E-state index contributed by atoms with van der Waals surface area (Å²) in [5, 5.41) is 27.7. The molecule has 96 valence electrons. The largest absolute Gasteiger partial charge is 0.480 e. The highest BCUT2D eigenvalue weighted by molar-refractivity contribution is 6.43. The first-order valence-electron chi connectivity index (χ1n) is 4.35. The van der Waals surface area contributed by atoms with Crippen molar-refractivity contribution in [3.8, 4) is 0 Å². The molecule has 0 atom stereocenters. The number of hydrogen-bond donors (Lipinski definition) is 2. The normalized spacial score (nSPS) is 10.4. The Balaban J connectivity index is 3.58. The van der Waals surface area contributed by atoms with Crippen LogP contribution in [0.5, 0.6) is 0 Å². The van der Waals surface area contributed by atoms with Gasteiger partial charge in [0.05, 0.1) is 15.5 Å². The van der Waals surface area contributed by atoms with Gasteiger partial charge in [-0.05, 0) is 12.1 Å². The van der Waals surface area contributed by atoms with Gasteiger partial charge in [0.2, 0.25) is 0 Å². The topological polar surface area (TPSA) is 118 Å². The Hall–Kier alpha value is -1.86. The van der Waals surface area contributed by atoms with Crippen LogP contribution in [-0.2, 0) is 9.59 Å². The molecule has 0 unspecified atom stereocenters. The number of carboxylic acid groups (broad SMARTS) is 2. The van der Waals surface area contributed by atoms with Gasteiger partial charge in [-0.3, -0.25) is 19.7 Å². The fourth-order valence-electron chi connectivity index (χ4n) is 1.35. The minimum Gasteiger partial charge on any atom is -0.480 e. The molecule has 0 aliphatic rings. The van der Waals surface area contributed by atoms with Gasteiger partial charge in [0.1, 0.15) is 5.02 Å². The van der Waals surface area contributed by atoms with Gasteiger partial charge in [-0.2, -0.15) is 0 Å². The van der Waals surface area contributed by atoms with Crippen molar-refractivity contribution in [2.24, 2.45) is 0 Å². The number of nitro groups is 1. The Bertz CT molecular complexity index is 530. The second kappa shape index (κ2) is 5.19.